The Morgan fingerprint density at radius 3 is 2.30 bits per heavy atom. The average Bonchev–Trinajstić information content (AvgIpc) is 2.55. The number of hydrogen-bond acceptors (Lipinski definition) is 3. The molecular weight excluding hydrogens is 315 g/mol. The number of hydrogen-bond donors (Lipinski definition) is 0. The maximum atomic E-state index is 13.5. The summed E-state index contributed by atoms with van der Waals surface area (Å²) in [6, 6.07) is 5.10. The van der Waals surface area contributed by atoms with Gasteiger partial charge in [-0.1, -0.05) is 17.7 Å². The Morgan fingerprint density at radius 1 is 1.09 bits per heavy atom. The van der Waals surface area contributed by atoms with Crippen LogP contribution >= 0.6 is 11.6 Å². The van der Waals surface area contributed by atoms with Gasteiger partial charge in [-0.15, -0.1) is 0 Å². The van der Waals surface area contributed by atoms with Gasteiger partial charge in [-0.25, -0.2) is 4.39 Å². The molecule has 2 aliphatic rings. The largest absolute Gasteiger partial charge is 0.375 e. The molecule has 2 heterocycles. The summed E-state index contributed by atoms with van der Waals surface area (Å²) in [6.07, 6.45) is 5.28. The second kappa shape index (κ2) is 7.93. The lowest BCUT2D eigenvalue weighted by Gasteiger charge is -2.36. The molecule has 3 rings (SSSR count). The van der Waals surface area contributed by atoms with Crippen LogP contribution in [0.2, 0.25) is 5.02 Å². The molecular formula is C18H26ClFN2O. The van der Waals surface area contributed by atoms with Gasteiger partial charge in [-0.2, -0.15) is 0 Å². The molecule has 0 aliphatic carbocycles. The highest BCUT2D eigenvalue weighted by molar-refractivity contribution is 6.30. The topological polar surface area (TPSA) is 15.7 Å². The highest BCUT2D eigenvalue weighted by Gasteiger charge is 2.25. The lowest BCUT2D eigenvalue weighted by molar-refractivity contribution is -0.0636. The molecule has 5 heteroatoms. The number of likely N-dealkylation sites (tertiary alicyclic amines) is 2. The van der Waals surface area contributed by atoms with Crippen molar-refractivity contribution in [2.75, 3.05) is 33.2 Å². The van der Waals surface area contributed by atoms with E-state index in [4.69, 9.17) is 16.3 Å². The fourth-order valence-corrected chi connectivity index (χ4v) is 3.61. The van der Waals surface area contributed by atoms with Crippen molar-refractivity contribution < 1.29 is 9.13 Å². The van der Waals surface area contributed by atoms with E-state index < -0.39 is 0 Å². The average molecular weight is 341 g/mol. The smallest absolute Gasteiger partial charge is 0.142 e. The first-order valence-corrected chi connectivity index (χ1v) is 8.98. The summed E-state index contributed by atoms with van der Waals surface area (Å²) < 4.78 is 19.8. The molecule has 0 saturated carbocycles. The second-order valence-corrected chi connectivity index (χ2v) is 7.27. The van der Waals surface area contributed by atoms with Crippen LogP contribution in [0.25, 0.3) is 0 Å². The highest BCUT2D eigenvalue weighted by Crippen LogP contribution is 2.22. The van der Waals surface area contributed by atoms with Crippen LogP contribution in [0.3, 0.4) is 0 Å². The Kier molecular flexibility index (Phi) is 5.91. The van der Waals surface area contributed by atoms with Gasteiger partial charge in [0, 0.05) is 32.7 Å². The number of benzene rings is 1. The summed E-state index contributed by atoms with van der Waals surface area (Å²) in [5, 5.41) is 0.194. The zero-order valence-corrected chi connectivity index (χ0v) is 14.6. The standard InChI is InChI=1S/C18H26ClFN2O/c1-21-8-4-15(5-9-21)23-16-6-10-22(11-7-16)13-14-2-3-17(19)18(20)12-14/h2-3,12,15-16H,4-11,13H2,1H3. The summed E-state index contributed by atoms with van der Waals surface area (Å²) in [4.78, 5) is 4.74. The minimum atomic E-state index is -0.329. The minimum Gasteiger partial charge on any atom is -0.375 e. The first kappa shape index (κ1) is 17.2. The third-order valence-corrected chi connectivity index (χ3v) is 5.28. The Labute approximate surface area is 143 Å². The predicted molar refractivity (Wildman–Crippen MR) is 91.3 cm³/mol. The maximum absolute atomic E-state index is 13.5. The number of halogens is 2. The summed E-state index contributed by atoms with van der Waals surface area (Å²) in [5.41, 5.74) is 0.988. The van der Waals surface area contributed by atoms with Crippen molar-refractivity contribution in [3.05, 3.63) is 34.6 Å². The first-order valence-electron chi connectivity index (χ1n) is 8.60. The van der Waals surface area contributed by atoms with Crippen LogP contribution in [0.15, 0.2) is 18.2 Å². The molecule has 0 aromatic heterocycles. The van der Waals surface area contributed by atoms with Crippen LogP contribution < -0.4 is 0 Å². The van der Waals surface area contributed by atoms with Crippen LogP contribution in [0.5, 0.6) is 0 Å². The van der Waals surface area contributed by atoms with Crippen molar-refractivity contribution in [3.8, 4) is 0 Å². The van der Waals surface area contributed by atoms with Gasteiger partial charge in [0.25, 0.3) is 0 Å². The molecule has 0 spiro atoms. The quantitative estimate of drug-likeness (QED) is 0.833. The van der Waals surface area contributed by atoms with E-state index in [0.717, 1.165) is 64.0 Å². The predicted octanol–water partition coefficient (Wildman–Crippen LogP) is 3.55. The Balaban J connectivity index is 1.42. The zero-order valence-electron chi connectivity index (χ0n) is 13.8. The molecule has 1 aromatic carbocycles. The number of ether oxygens (including phenoxy) is 1. The van der Waals surface area contributed by atoms with E-state index in [1.807, 2.05) is 6.07 Å². The normalized spacial score (nSPS) is 22.6. The van der Waals surface area contributed by atoms with Crippen LogP contribution in [0.1, 0.15) is 31.2 Å². The van der Waals surface area contributed by atoms with Crippen molar-refractivity contribution in [1.29, 1.82) is 0 Å². The second-order valence-electron chi connectivity index (χ2n) is 6.86. The molecule has 128 valence electrons. The number of nitrogens with zero attached hydrogens (tertiary/aromatic N) is 2. The molecule has 23 heavy (non-hydrogen) atoms. The summed E-state index contributed by atoms with van der Waals surface area (Å²) in [7, 11) is 2.17. The van der Waals surface area contributed by atoms with Gasteiger partial charge in [0.1, 0.15) is 5.82 Å². The lowest BCUT2D eigenvalue weighted by Crippen LogP contribution is -2.41. The molecule has 0 radical (unpaired) electrons. The van der Waals surface area contributed by atoms with Gasteiger partial charge in [-0.05, 0) is 50.4 Å². The fourth-order valence-electron chi connectivity index (χ4n) is 3.49. The summed E-state index contributed by atoms with van der Waals surface area (Å²) >= 11 is 5.74. The molecule has 1 aromatic rings. The van der Waals surface area contributed by atoms with Gasteiger partial charge in [0.05, 0.1) is 17.2 Å². The third-order valence-electron chi connectivity index (χ3n) is 4.98. The Hall–Kier alpha value is -0.680. The van der Waals surface area contributed by atoms with Gasteiger partial charge in [0.15, 0.2) is 0 Å². The van der Waals surface area contributed by atoms with Crippen molar-refractivity contribution in [3.63, 3.8) is 0 Å². The summed E-state index contributed by atoms with van der Waals surface area (Å²) in [5.74, 6) is -0.329. The van der Waals surface area contributed by atoms with Gasteiger partial charge in [-0.3, -0.25) is 4.90 Å². The van der Waals surface area contributed by atoms with Gasteiger partial charge >= 0.3 is 0 Å². The van der Waals surface area contributed by atoms with E-state index in [1.165, 1.54) is 0 Å². The monoisotopic (exact) mass is 340 g/mol. The van der Waals surface area contributed by atoms with E-state index >= 15 is 0 Å². The molecule has 2 aliphatic heterocycles. The lowest BCUT2D eigenvalue weighted by atomic mass is 10.0. The molecule has 0 amide bonds. The van der Waals surface area contributed by atoms with Gasteiger partial charge < -0.3 is 9.64 Å². The summed E-state index contributed by atoms with van der Waals surface area (Å²) in [6.45, 7) is 5.11. The maximum Gasteiger partial charge on any atom is 0.142 e. The van der Waals surface area contributed by atoms with Crippen molar-refractivity contribution in [1.82, 2.24) is 9.80 Å². The Bertz CT molecular complexity index is 512. The molecule has 0 bridgehead atoms. The first-order chi connectivity index (χ1) is 11.1. The highest BCUT2D eigenvalue weighted by atomic mass is 35.5. The van der Waals surface area contributed by atoms with E-state index in [2.05, 4.69) is 16.8 Å². The van der Waals surface area contributed by atoms with Crippen LogP contribution in [0.4, 0.5) is 4.39 Å². The van der Waals surface area contributed by atoms with Crippen molar-refractivity contribution in [2.45, 2.75) is 44.4 Å². The third kappa shape index (κ3) is 4.90. The number of piperidine rings is 2. The fraction of sp³-hybridized carbons (Fsp3) is 0.667. The van der Waals surface area contributed by atoms with Crippen LogP contribution in [0, 0.1) is 5.82 Å². The molecule has 0 unspecified atom stereocenters. The molecule has 2 fully saturated rings. The molecule has 0 N–H and O–H groups in total. The van der Waals surface area contributed by atoms with E-state index in [9.17, 15) is 4.39 Å². The van der Waals surface area contributed by atoms with Crippen molar-refractivity contribution >= 4 is 11.6 Å². The SMILES string of the molecule is CN1CCC(OC2CCN(Cc3ccc(Cl)c(F)c3)CC2)CC1. The van der Waals surface area contributed by atoms with Crippen molar-refractivity contribution in [2.24, 2.45) is 0 Å². The van der Waals surface area contributed by atoms with E-state index in [-0.39, 0.29) is 10.8 Å². The Morgan fingerprint density at radius 2 is 1.70 bits per heavy atom. The van der Waals surface area contributed by atoms with Crippen LogP contribution in [-0.4, -0.2) is 55.2 Å². The van der Waals surface area contributed by atoms with E-state index in [0.29, 0.717) is 12.2 Å². The molecule has 2 saturated heterocycles. The molecule has 3 nitrogen and oxygen atoms in total. The van der Waals surface area contributed by atoms with Crippen LogP contribution in [-0.2, 0) is 11.3 Å². The zero-order chi connectivity index (χ0) is 16.2. The minimum absolute atomic E-state index is 0.194. The van der Waals surface area contributed by atoms with Gasteiger partial charge in [0.2, 0.25) is 0 Å². The molecule has 0 atom stereocenters. The van der Waals surface area contributed by atoms with E-state index in [1.54, 1.807) is 12.1 Å². The number of rotatable bonds is 4.